The lowest BCUT2D eigenvalue weighted by Crippen LogP contribution is -2.19. The van der Waals surface area contributed by atoms with Gasteiger partial charge in [0, 0.05) is 0 Å². The Hall–Kier alpha value is -0.980. The predicted molar refractivity (Wildman–Crippen MR) is 77.0 cm³/mol. The average molecular weight is 246 g/mol. The number of benzene rings is 1. The van der Waals surface area contributed by atoms with Gasteiger partial charge in [-0.05, 0) is 67.6 Å². The molecule has 0 spiro atoms. The standard InChI is InChI=1S/C17H26O/c1-13(2)16-8-4-14(5-9-16)12-15-6-10-17(18-3)11-7-15/h6-7,10-11,13-14,16H,4-5,8-9,12H2,1-3H3. The molecule has 18 heavy (non-hydrogen) atoms. The van der Waals surface area contributed by atoms with Crippen molar-refractivity contribution in [3.8, 4) is 5.75 Å². The van der Waals surface area contributed by atoms with E-state index in [2.05, 4.69) is 38.1 Å². The molecule has 0 atom stereocenters. The Morgan fingerprint density at radius 2 is 1.67 bits per heavy atom. The van der Waals surface area contributed by atoms with Gasteiger partial charge in [-0.2, -0.15) is 0 Å². The van der Waals surface area contributed by atoms with Crippen molar-refractivity contribution in [3.63, 3.8) is 0 Å². The van der Waals surface area contributed by atoms with E-state index < -0.39 is 0 Å². The monoisotopic (exact) mass is 246 g/mol. The fraction of sp³-hybridized carbons (Fsp3) is 0.647. The molecule has 1 saturated carbocycles. The van der Waals surface area contributed by atoms with E-state index in [1.807, 2.05) is 0 Å². The molecule has 1 fully saturated rings. The van der Waals surface area contributed by atoms with Crippen LogP contribution < -0.4 is 4.74 Å². The van der Waals surface area contributed by atoms with Gasteiger partial charge in [0.15, 0.2) is 0 Å². The molecule has 1 aromatic rings. The van der Waals surface area contributed by atoms with Gasteiger partial charge >= 0.3 is 0 Å². The van der Waals surface area contributed by atoms with E-state index in [-0.39, 0.29) is 0 Å². The summed E-state index contributed by atoms with van der Waals surface area (Å²) in [5, 5.41) is 0. The highest BCUT2D eigenvalue weighted by molar-refractivity contribution is 5.27. The Balaban J connectivity index is 1.83. The summed E-state index contributed by atoms with van der Waals surface area (Å²) in [6, 6.07) is 8.59. The van der Waals surface area contributed by atoms with Crippen LogP contribution in [-0.4, -0.2) is 7.11 Å². The highest BCUT2D eigenvalue weighted by atomic mass is 16.5. The SMILES string of the molecule is COc1ccc(CC2CCC(C(C)C)CC2)cc1. The number of ether oxygens (including phenoxy) is 1. The van der Waals surface area contributed by atoms with Crippen molar-refractivity contribution in [2.24, 2.45) is 17.8 Å². The summed E-state index contributed by atoms with van der Waals surface area (Å²) < 4.78 is 5.20. The lowest BCUT2D eigenvalue weighted by molar-refractivity contribution is 0.223. The lowest BCUT2D eigenvalue weighted by Gasteiger charge is -2.30. The van der Waals surface area contributed by atoms with Crippen LogP contribution in [0.3, 0.4) is 0 Å². The molecule has 1 aromatic carbocycles. The fourth-order valence-electron chi connectivity index (χ4n) is 3.15. The summed E-state index contributed by atoms with van der Waals surface area (Å²) >= 11 is 0. The summed E-state index contributed by atoms with van der Waals surface area (Å²) in [5.74, 6) is 3.69. The number of hydrogen-bond acceptors (Lipinski definition) is 1. The van der Waals surface area contributed by atoms with E-state index in [0.29, 0.717) is 0 Å². The minimum Gasteiger partial charge on any atom is -0.497 e. The molecule has 0 aliphatic heterocycles. The van der Waals surface area contributed by atoms with Crippen molar-refractivity contribution >= 4 is 0 Å². The molecule has 1 aliphatic carbocycles. The Morgan fingerprint density at radius 3 is 2.17 bits per heavy atom. The Labute approximate surface area is 112 Å². The normalized spacial score (nSPS) is 24.2. The highest BCUT2D eigenvalue weighted by Crippen LogP contribution is 2.34. The summed E-state index contributed by atoms with van der Waals surface area (Å²) in [7, 11) is 1.72. The first kappa shape index (κ1) is 13.5. The maximum Gasteiger partial charge on any atom is 0.118 e. The zero-order valence-electron chi connectivity index (χ0n) is 12.0. The van der Waals surface area contributed by atoms with Crippen molar-refractivity contribution in [3.05, 3.63) is 29.8 Å². The molecule has 0 heterocycles. The molecule has 0 aromatic heterocycles. The molecule has 0 saturated heterocycles. The molecule has 0 unspecified atom stereocenters. The second-order valence-corrected chi connectivity index (χ2v) is 6.08. The Morgan fingerprint density at radius 1 is 1.06 bits per heavy atom. The zero-order chi connectivity index (χ0) is 13.0. The predicted octanol–water partition coefficient (Wildman–Crippen LogP) is 4.70. The molecule has 0 amide bonds. The van der Waals surface area contributed by atoms with Gasteiger partial charge in [0.2, 0.25) is 0 Å². The van der Waals surface area contributed by atoms with Crippen molar-refractivity contribution in [2.75, 3.05) is 7.11 Å². The summed E-state index contributed by atoms with van der Waals surface area (Å²) in [6.07, 6.45) is 6.93. The molecule has 0 bridgehead atoms. The quantitative estimate of drug-likeness (QED) is 0.748. The number of rotatable bonds is 4. The second kappa shape index (κ2) is 6.26. The molecule has 1 aliphatic rings. The van der Waals surface area contributed by atoms with Crippen LogP contribution in [0.15, 0.2) is 24.3 Å². The molecule has 0 radical (unpaired) electrons. The molecular weight excluding hydrogens is 220 g/mol. The van der Waals surface area contributed by atoms with Gasteiger partial charge in [0.1, 0.15) is 5.75 Å². The minimum absolute atomic E-state index is 0.868. The maximum atomic E-state index is 5.20. The van der Waals surface area contributed by atoms with E-state index in [0.717, 1.165) is 23.5 Å². The van der Waals surface area contributed by atoms with Gasteiger partial charge in [-0.25, -0.2) is 0 Å². The third-order valence-corrected chi connectivity index (χ3v) is 4.52. The average Bonchev–Trinajstić information content (AvgIpc) is 2.40. The van der Waals surface area contributed by atoms with Gasteiger partial charge < -0.3 is 4.74 Å². The first-order valence-electron chi connectivity index (χ1n) is 7.32. The molecular formula is C17H26O. The van der Waals surface area contributed by atoms with E-state index in [9.17, 15) is 0 Å². The molecule has 100 valence electrons. The van der Waals surface area contributed by atoms with Crippen molar-refractivity contribution in [1.29, 1.82) is 0 Å². The third-order valence-electron chi connectivity index (χ3n) is 4.52. The molecule has 1 nitrogen and oxygen atoms in total. The van der Waals surface area contributed by atoms with Crippen LogP contribution in [0.2, 0.25) is 0 Å². The fourth-order valence-corrected chi connectivity index (χ4v) is 3.15. The van der Waals surface area contributed by atoms with Gasteiger partial charge in [0.05, 0.1) is 7.11 Å². The smallest absolute Gasteiger partial charge is 0.118 e. The van der Waals surface area contributed by atoms with Gasteiger partial charge in [-0.3, -0.25) is 0 Å². The molecule has 0 N–H and O–H groups in total. The van der Waals surface area contributed by atoms with Crippen molar-refractivity contribution in [2.45, 2.75) is 46.0 Å². The van der Waals surface area contributed by atoms with Crippen molar-refractivity contribution in [1.82, 2.24) is 0 Å². The minimum atomic E-state index is 0.868. The summed E-state index contributed by atoms with van der Waals surface area (Å²) in [6.45, 7) is 4.74. The van der Waals surface area contributed by atoms with E-state index in [4.69, 9.17) is 4.74 Å². The topological polar surface area (TPSA) is 9.23 Å². The lowest BCUT2D eigenvalue weighted by atomic mass is 9.75. The maximum absolute atomic E-state index is 5.20. The van der Waals surface area contributed by atoms with Crippen LogP contribution in [-0.2, 0) is 6.42 Å². The summed E-state index contributed by atoms with van der Waals surface area (Å²) in [4.78, 5) is 0. The first-order chi connectivity index (χ1) is 8.69. The van der Waals surface area contributed by atoms with Crippen LogP contribution in [0.1, 0.15) is 45.1 Å². The summed E-state index contributed by atoms with van der Waals surface area (Å²) in [5.41, 5.74) is 1.46. The van der Waals surface area contributed by atoms with Crippen LogP contribution in [0.5, 0.6) is 5.75 Å². The van der Waals surface area contributed by atoms with Gasteiger partial charge in [-0.1, -0.05) is 26.0 Å². The van der Waals surface area contributed by atoms with Crippen LogP contribution >= 0.6 is 0 Å². The first-order valence-corrected chi connectivity index (χ1v) is 7.32. The highest BCUT2D eigenvalue weighted by Gasteiger charge is 2.23. The van der Waals surface area contributed by atoms with Crippen LogP contribution in [0.4, 0.5) is 0 Å². The number of methoxy groups -OCH3 is 1. The zero-order valence-corrected chi connectivity index (χ0v) is 12.0. The molecule has 1 heteroatoms. The molecule has 2 rings (SSSR count). The Kier molecular flexibility index (Phi) is 4.68. The van der Waals surface area contributed by atoms with E-state index in [1.165, 1.54) is 37.7 Å². The largest absolute Gasteiger partial charge is 0.497 e. The van der Waals surface area contributed by atoms with Gasteiger partial charge in [-0.15, -0.1) is 0 Å². The van der Waals surface area contributed by atoms with Crippen LogP contribution in [0.25, 0.3) is 0 Å². The Bertz CT molecular complexity index is 344. The number of hydrogen-bond donors (Lipinski definition) is 0. The second-order valence-electron chi connectivity index (χ2n) is 6.08. The third kappa shape index (κ3) is 3.51. The van der Waals surface area contributed by atoms with E-state index in [1.54, 1.807) is 7.11 Å². The van der Waals surface area contributed by atoms with Crippen molar-refractivity contribution < 1.29 is 4.74 Å². The van der Waals surface area contributed by atoms with E-state index >= 15 is 0 Å². The van der Waals surface area contributed by atoms with Gasteiger partial charge in [0.25, 0.3) is 0 Å². The van der Waals surface area contributed by atoms with Crippen LogP contribution in [0, 0.1) is 17.8 Å².